The molecule has 2 N–H and O–H groups in total. The molecule has 1 aliphatic rings. The van der Waals surface area contributed by atoms with Gasteiger partial charge in [0.05, 0.1) is 12.4 Å². The molecule has 0 saturated heterocycles. The zero-order chi connectivity index (χ0) is 20.0. The van der Waals surface area contributed by atoms with Crippen LogP contribution in [0.5, 0.6) is 5.75 Å². The summed E-state index contributed by atoms with van der Waals surface area (Å²) >= 11 is 0. The fourth-order valence-electron chi connectivity index (χ4n) is 3.72. The van der Waals surface area contributed by atoms with Gasteiger partial charge in [0, 0.05) is 12.0 Å². The summed E-state index contributed by atoms with van der Waals surface area (Å²) in [6.45, 7) is 2.02. The quantitative estimate of drug-likeness (QED) is 0.571. The molecule has 7 heteroatoms. The fraction of sp³-hybridized carbons (Fsp3) is 0.136. The van der Waals surface area contributed by atoms with E-state index in [1.54, 1.807) is 18.5 Å². The third-order valence-electron chi connectivity index (χ3n) is 5.23. The number of rotatable bonds is 3. The number of allylic oxidation sites excluding steroid dienone is 2. The second kappa shape index (κ2) is 6.70. The molecule has 0 fully saturated rings. The standard InChI is InChI=1S/C22H18FN5O/c1-13(28-12-27-19-21(24)25-11-26-22(19)28)20-17(14-6-8-16(23)9-7-14)10-15-4-2-3-5-18(15)29-20/h2-9,11-13H,10H2,1H3,(H2,24,25,26). The highest BCUT2D eigenvalue weighted by molar-refractivity contribution is 5.81. The number of nitrogen functional groups attached to an aromatic ring is 1. The van der Waals surface area contributed by atoms with E-state index in [-0.39, 0.29) is 11.9 Å². The first-order valence-corrected chi connectivity index (χ1v) is 9.29. The minimum Gasteiger partial charge on any atom is -0.459 e. The lowest BCUT2D eigenvalue weighted by Gasteiger charge is -2.28. The number of nitrogens with two attached hydrogens (primary N) is 1. The molecule has 4 aromatic rings. The van der Waals surface area contributed by atoms with Gasteiger partial charge < -0.3 is 15.0 Å². The van der Waals surface area contributed by atoms with Gasteiger partial charge in [0.2, 0.25) is 0 Å². The van der Waals surface area contributed by atoms with Gasteiger partial charge >= 0.3 is 0 Å². The number of hydrogen-bond donors (Lipinski definition) is 1. The first-order chi connectivity index (χ1) is 14.1. The molecule has 6 nitrogen and oxygen atoms in total. The van der Waals surface area contributed by atoms with Crippen LogP contribution in [0.2, 0.25) is 0 Å². The van der Waals surface area contributed by atoms with Crippen LogP contribution in [0.15, 0.2) is 66.9 Å². The van der Waals surface area contributed by atoms with Crippen LogP contribution >= 0.6 is 0 Å². The first-order valence-electron chi connectivity index (χ1n) is 9.29. The number of nitrogens with zero attached hydrogens (tertiary/aromatic N) is 4. The molecular weight excluding hydrogens is 369 g/mol. The molecule has 0 saturated carbocycles. The van der Waals surface area contributed by atoms with Gasteiger partial charge in [-0.15, -0.1) is 0 Å². The maximum Gasteiger partial charge on any atom is 0.166 e. The number of ether oxygens (including phenoxy) is 1. The van der Waals surface area contributed by atoms with E-state index < -0.39 is 0 Å². The monoisotopic (exact) mass is 387 g/mol. The van der Waals surface area contributed by atoms with Crippen LogP contribution in [0, 0.1) is 5.82 Å². The van der Waals surface area contributed by atoms with E-state index in [1.807, 2.05) is 35.8 Å². The maximum atomic E-state index is 13.5. The Kier molecular flexibility index (Phi) is 4.01. The molecule has 0 aliphatic carbocycles. The van der Waals surface area contributed by atoms with Gasteiger partial charge in [-0.25, -0.2) is 19.3 Å². The van der Waals surface area contributed by atoms with Crippen LogP contribution in [0.3, 0.4) is 0 Å². The SMILES string of the molecule is CC(C1=C(c2ccc(F)cc2)Cc2ccccc2O1)n1cnc2c(N)ncnc21. The van der Waals surface area contributed by atoms with Crippen LogP contribution in [0.25, 0.3) is 16.7 Å². The molecule has 0 radical (unpaired) electrons. The number of halogens is 1. The summed E-state index contributed by atoms with van der Waals surface area (Å²) in [4.78, 5) is 12.7. The van der Waals surface area contributed by atoms with Gasteiger partial charge in [-0.05, 0) is 36.2 Å². The van der Waals surface area contributed by atoms with Crippen molar-refractivity contribution in [1.29, 1.82) is 0 Å². The second-order valence-corrected chi connectivity index (χ2v) is 7.00. The molecule has 29 heavy (non-hydrogen) atoms. The van der Waals surface area contributed by atoms with Crippen LogP contribution in [0.1, 0.15) is 24.1 Å². The van der Waals surface area contributed by atoms with E-state index in [0.717, 1.165) is 28.2 Å². The first kappa shape index (κ1) is 17.4. The second-order valence-electron chi connectivity index (χ2n) is 7.00. The van der Waals surface area contributed by atoms with E-state index in [1.165, 1.54) is 18.5 Å². The largest absolute Gasteiger partial charge is 0.459 e. The van der Waals surface area contributed by atoms with Crippen molar-refractivity contribution in [2.45, 2.75) is 19.4 Å². The van der Waals surface area contributed by atoms with Gasteiger partial charge in [0.25, 0.3) is 0 Å². The summed E-state index contributed by atoms with van der Waals surface area (Å²) in [6, 6.07) is 14.2. The summed E-state index contributed by atoms with van der Waals surface area (Å²) in [7, 11) is 0. The van der Waals surface area contributed by atoms with Gasteiger partial charge in [-0.3, -0.25) is 0 Å². The molecule has 5 rings (SSSR count). The number of aromatic nitrogens is 4. The van der Waals surface area contributed by atoms with Crippen LogP contribution < -0.4 is 10.5 Å². The Morgan fingerprint density at radius 2 is 1.86 bits per heavy atom. The summed E-state index contributed by atoms with van der Waals surface area (Å²) in [6.07, 6.45) is 3.81. The Labute approximate surface area is 166 Å². The minimum absolute atomic E-state index is 0.206. The van der Waals surface area contributed by atoms with E-state index in [0.29, 0.717) is 23.4 Å². The molecule has 0 spiro atoms. The Balaban J connectivity index is 1.67. The van der Waals surface area contributed by atoms with Gasteiger partial charge in [0.1, 0.15) is 29.2 Å². The molecule has 1 unspecified atom stereocenters. The van der Waals surface area contributed by atoms with Crippen molar-refractivity contribution < 1.29 is 9.13 Å². The average molecular weight is 387 g/mol. The summed E-state index contributed by atoms with van der Waals surface area (Å²) in [5, 5.41) is 0. The van der Waals surface area contributed by atoms with Crippen molar-refractivity contribution in [3.63, 3.8) is 0 Å². The lowest BCUT2D eigenvalue weighted by atomic mass is 9.92. The highest BCUT2D eigenvalue weighted by atomic mass is 19.1. The Morgan fingerprint density at radius 1 is 1.07 bits per heavy atom. The smallest absolute Gasteiger partial charge is 0.166 e. The third kappa shape index (κ3) is 2.91. The Bertz CT molecular complexity index is 1250. The minimum atomic E-state index is -0.270. The highest BCUT2D eigenvalue weighted by Crippen LogP contribution is 2.39. The van der Waals surface area contributed by atoms with Crippen molar-refractivity contribution >= 4 is 22.6 Å². The molecule has 0 bridgehead atoms. The van der Waals surface area contributed by atoms with Crippen molar-refractivity contribution in [2.24, 2.45) is 0 Å². The molecule has 0 amide bonds. The molecule has 1 atom stereocenters. The normalized spacial score (nSPS) is 14.6. The van der Waals surface area contributed by atoms with Crippen LogP contribution in [-0.2, 0) is 6.42 Å². The Morgan fingerprint density at radius 3 is 2.69 bits per heavy atom. The number of benzene rings is 2. The molecule has 1 aliphatic heterocycles. The number of hydrogen-bond acceptors (Lipinski definition) is 5. The number of anilines is 1. The molecule has 2 aromatic carbocycles. The summed E-state index contributed by atoms with van der Waals surface area (Å²) in [5.74, 6) is 1.66. The lowest BCUT2D eigenvalue weighted by molar-refractivity contribution is 0.349. The Hall–Kier alpha value is -3.74. The van der Waals surface area contributed by atoms with Crippen molar-refractivity contribution in [3.8, 4) is 5.75 Å². The van der Waals surface area contributed by atoms with E-state index in [4.69, 9.17) is 10.5 Å². The van der Waals surface area contributed by atoms with Gasteiger partial charge in [-0.1, -0.05) is 30.3 Å². The van der Waals surface area contributed by atoms with Gasteiger partial charge in [0.15, 0.2) is 11.5 Å². The molecule has 144 valence electrons. The van der Waals surface area contributed by atoms with E-state index in [9.17, 15) is 4.39 Å². The highest BCUT2D eigenvalue weighted by Gasteiger charge is 2.27. The van der Waals surface area contributed by atoms with Crippen LogP contribution in [0.4, 0.5) is 10.2 Å². The number of fused-ring (bicyclic) bond motifs is 2. The zero-order valence-corrected chi connectivity index (χ0v) is 15.7. The predicted octanol–water partition coefficient (Wildman–Crippen LogP) is 4.16. The summed E-state index contributed by atoms with van der Waals surface area (Å²) < 4.78 is 21.8. The van der Waals surface area contributed by atoms with E-state index in [2.05, 4.69) is 15.0 Å². The average Bonchev–Trinajstić information content (AvgIpc) is 3.18. The van der Waals surface area contributed by atoms with Crippen molar-refractivity contribution in [2.75, 3.05) is 5.73 Å². The van der Waals surface area contributed by atoms with E-state index >= 15 is 0 Å². The fourth-order valence-corrected chi connectivity index (χ4v) is 3.72. The predicted molar refractivity (Wildman–Crippen MR) is 109 cm³/mol. The topological polar surface area (TPSA) is 78.9 Å². The number of imidazole rings is 1. The zero-order valence-electron chi connectivity index (χ0n) is 15.7. The van der Waals surface area contributed by atoms with Crippen LogP contribution in [-0.4, -0.2) is 19.5 Å². The van der Waals surface area contributed by atoms with Gasteiger partial charge in [-0.2, -0.15) is 0 Å². The summed E-state index contributed by atoms with van der Waals surface area (Å²) in [5.41, 5.74) is 10.1. The van der Waals surface area contributed by atoms with Crippen molar-refractivity contribution in [1.82, 2.24) is 19.5 Å². The maximum absolute atomic E-state index is 13.5. The molecule has 3 heterocycles. The molecular formula is C22H18FN5O. The van der Waals surface area contributed by atoms with Crippen molar-refractivity contribution in [3.05, 3.63) is 83.9 Å². The third-order valence-corrected chi connectivity index (χ3v) is 5.23. The molecule has 2 aromatic heterocycles. The lowest BCUT2D eigenvalue weighted by Crippen LogP contribution is -2.18. The number of para-hydroxylation sites is 1.